The molecule has 3 N–H and O–H groups in total. The van der Waals surface area contributed by atoms with Gasteiger partial charge in [0.05, 0.1) is 19.1 Å². The average Bonchev–Trinajstić information content (AvgIpc) is 2.88. The van der Waals surface area contributed by atoms with Crippen LogP contribution in [0.1, 0.15) is 37.7 Å². The van der Waals surface area contributed by atoms with Crippen molar-refractivity contribution in [2.45, 2.75) is 20.3 Å². The number of hydrazine groups is 1. The van der Waals surface area contributed by atoms with Crippen LogP contribution in [0.25, 0.3) is 0 Å². The van der Waals surface area contributed by atoms with Gasteiger partial charge in [0.2, 0.25) is 5.91 Å². The number of nitrogens with one attached hydrogen (secondary N) is 3. The number of hydrogen-bond donors (Lipinski definition) is 3. The smallest absolute Gasteiger partial charge is 0.339 e. The number of carbonyl (C=O) groups is 3. The third kappa shape index (κ3) is 4.39. The molecule has 25 heavy (non-hydrogen) atoms. The Morgan fingerprint density at radius 1 is 1.12 bits per heavy atom. The summed E-state index contributed by atoms with van der Waals surface area (Å²) in [4.78, 5) is 38.7. The van der Waals surface area contributed by atoms with Gasteiger partial charge < -0.3 is 9.72 Å². The van der Waals surface area contributed by atoms with E-state index in [1.54, 1.807) is 38.1 Å². The maximum Gasteiger partial charge on any atom is 0.339 e. The average molecular weight is 364 g/mol. The van der Waals surface area contributed by atoms with Crippen molar-refractivity contribution in [1.29, 1.82) is 0 Å². The van der Waals surface area contributed by atoms with Crippen LogP contribution < -0.4 is 10.9 Å². The van der Waals surface area contributed by atoms with Crippen LogP contribution in [0.3, 0.4) is 0 Å². The molecule has 2 amide bonds. The van der Waals surface area contributed by atoms with Crippen molar-refractivity contribution in [3.05, 3.63) is 57.4 Å². The molecule has 0 saturated carbocycles. The monoisotopic (exact) mass is 363 g/mol. The molecule has 8 heteroatoms. The van der Waals surface area contributed by atoms with Crippen LogP contribution in [0.15, 0.2) is 24.3 Å². The van der Waals surface area contributed by atoms with Gasteiger partial charge >= 0.3 is 5.97 Å². The second-order valence-corrected chi connectivity index (χ2v) is 5.86. The molecular weight excluding hydrogens is 346 g/mol. The number of methoxy groups -OCH3 is 1. The molecule has 0 aliphatic heterocycles. The van der Waals surface area contributed by atoms with E-state index in [-0.39, 0.29) is 18.0 Å². The highest BCUT2D eigenvalue weighted by atomic mass is 35.5. The van der Waals surface area contributed by atoms with E-state index in [1.165, 1.54) is 7.11 Å². The van der Waals surface area contributed by atoms with E-state index >= 15 is 0 Å². The maximum absolute atomic E-state index is 12.2. The molecule has 0 unspecified atom stereocenters. The van der Waals surface area contributed by atoms with Gasteiger partial charge in [-0.15, -0.1) is 0 Å². The molecule has 7 nitrogen and oxygen atoms in total. The molecule has 0 atom stereocenters. The molecule has 0 radical (unpaired) electrons. The van der Waals surface area contributed by atoms with Gasteiger partial charge in [0.1, 0.15) is 5.69 Å². The normalized spacial score (nSPS) is 10.2. The summed E-state index contributed by atoms with van der Waals surface area (Å²) >= 11 is 5.79. The Bertz CT molecular complexity index is 812. The zero-order valence-corrected chi connectivity index (χ0v) is 14.8. The Kier molecular flexibility index (Phi) is 5.82. The second-order valence-electron chi connectivity index (χ2n) is 5.42. The Morgan fingerprint density at radius 3 is 2.36 bits per heavy atom. The minimum atomic E-state index is -0.555. The fourth-order valence-electron chi connectivity index (χ4n) is 2.41. The largest absolute Gasteiger partial charge is 0.465 e. The lowest BCUT2D eigenvalue weighted by atomic mass is 10.1. The first kappa shape index (κ1) is 18.5. The van der Waals surface area contributed by atoms with E-state index < -0.39 is 11.9 Å². The number of carbonyl (C=O) groups excluding carboxylic acids is 3. The number of aromatic amines is 1. The maximum atomic E-state index is 12.2. The first-order valence-corrected chi connectivity index (χ1v) is 7.82. The molecule has 0 spiro atoms. The van der Waals surface area contributed by atoms with Gasteiger partial charge in [0, 0.05) is 10.7 Å². The van der Waals surface area contributed by atoms with Crippen LogP contribution in [-0.4, -0.2) is 29.9 Å². The van der Waals surface area contributed by atoms with E-state index in [4.69, 9.17) is 16.3 Å². The molecule has 0 fully saturated rings. The van der Waals surface area contributed by atoms with Crippen molar-refractivity contribution in [3.8, 4) is 0 Å². The molecule has 0 aliphatic rings. The number of aromatic nitrogens is 1. The molecule has 0 bridgehead atoms. The number of H-pyrrole nitrogens is 1. The van der Waals surface area contributed by atoms with E-state index in [2.05, 4.69) is 15.8 Å². The second kappa shape index (κ2) is 7.85. The number of aryl methyl sites for hydroxylation is 1. The Morgan fingerprint density at radius 2 is 1.76 bits per heavy atom. The van der Waals surface area contributed by atoms with Crippen LogP contribution in [-0.2, 0) is 16.0 Å². The molecular formula is C17H18ClN3O4. The summed E-state index contributed by atoms with van der Waals surface area (Å²) < 4.78 is 4.69. The van der Waals surface area contributed by atoms with Crippen LogP contribution >= 0.6 is 11.6 Å². The Hall–Kier alpha value is -2.80. The molecule has 1 aromatic carbocycles. The summed E-state index contributed by atoms with van der Waals surface area (Å²) in [5.41, 5.74) is 6.88. The van der Waals surface area contributed by atoms with Crippen molar-refractivity contribution in [2.24, 2.45) is 0 Å². The summed E-state index contributed by atoms with van der Waals surface area (Å²) in [6, 6.07) is 6.82. The Labute approximate surface area is 149 Å². The number of hydrogen-bond acceptors (Lipinski definition) is 4. The number of rotatable bonds is 4. The van der Waals surface area contributed by atoms with Crippen LogP contribution in [0.5, 0.6) is 0 Å². The zero-order valence-electron chi connectivity index (χ0n) is 14.0. The van der Waals surface area contributed by atoms with Crippen molar-refractivity contribution in [3.63, 3.8) is 0 Å². The third-order valence-corrected chi connectivity index (χ3v) is 3.90. The summed E-state index contributed by atoms with van der Waals surface area (Å²) in [6.07, 6.45) is 0.0909. The fraction of sp³-hybridized carbons (Fsp3) is 0.235. The molecule has 2 aromatic rings. The predicted octanol–water partition coefficient (Wildman–Crippen LogP) is 2.08. The van der Waals surface area contributed by atoms with Crippen molar-refractivity contribution < 1.29 is 19.1 Å². The molecule has 0 saturated heterocycles. The van der Waals surface area contributed by atoms with Crippen LogP contribution in [0.2, 0.25) is 5.02 Å². The lowest BCUT2D eigenvalue weighted by molar-refractivity contribution is -0.121. The van der Waals surface area contributed by atoms with Crippen molar-refractivity contribution in [1.82, 2.24) is 15.8 Å². The molecule has 1 heterocycles. The number of halogens is 1. The first-order chi connectivity index (χ1) is 11.8. The minimum absolute atomic E-state index is 0.0909. The minimum Gasteiger partial charge on any atom is -0.465 e. The van der Waals surface area contributed by atoms with E-state index in [0.717, 1.165) is 5.56 Å². The number of amides is 2. The number of ether oxygens (including phenoxy) is 1. The van der Waals surface area contributed by atoms with E-state index in [1.807, 2.05) is 0 Å². The lowest BCUT2D eigenvalue weighted by Crippen LogP contribution is -2.42. The van der Waals surface area contributed by atoms with Crippen LogP contribution in [0.4, 0.5) is 0 Å². The highest BCUT2D eigenvalue weighted by Crippen LogP contribution is 2.18. The SMILES string of the molecule is COC(=O)c1c(C)[nH]c(C(=O)NNC(=O)Cc2ccc(Cl)cc2)c1C. The molecule has 0 aliphatic carbocycles. The van der Waals surface area contributed by atoms with Gasteiger partial charge in [-0.3, -0.25) is 20.4 Å². The quantitative estimate of drug-likeness (QED) is 0.572. The number of esters is 1. The van der Waals surface area contributed by atoms with Crippen molar-refractivity contribution >= 4 is 29.4 Å². The lowest BCUT2D eigenvalue weighted by Gasteiger charge is -2.07. The van der Waals surface area contributed by atoms with Gasteiger partial charge in [-0.1, -0.05) is 23.7 Å². The standard InChI is InChI=1S/C17H18ClN3O4/c1-9-14(17(24)25-3)10(2)19-15(9)16(23)21-20-13(22)8-11-4-6-12(18)7-5-11/h4-7,19H,8H2,1-3H3,(H,20,22)(H,21,23). The molecule has 132 valence electrons. The molecule has 1 aromatic heterocycles. The molecule has 2 rings (SSSR count). The van der Waals surface area contributed by atoms with Gasteiger partial charge in [-0.25, -0.2) is 4.79 Å². The van der Waals surface area contributed by atoms with E-state index in [9.17, 15) is 14.4 Å². The topological polar surface area (TPSA) is 100 Å². The highest BCUT2D eigenvalue weighted by molar-refractivity contribution is 6.30. The van der Waals surface area contributed by atoms with Gasteiger partial charge in [-0.05, 0) is 37.1 Å². The van der Waals surface area contributed by atoms with Gasteiger partial charge in [0.15, 0.2) is 0 Å². The van der Waals surface area contributed by atoms with Crippen molar-refractivity contribution in [2.75, 3.05) is 7.11 Å². The zero-order chi connectivity index (χ0) is 18.6. The van der Waals surface area contributed by atoms with Gasteiger partial charge in [0.25, 0.3) is 5.91 Å². The first-order valence-electron chi connectivity index (χ1n) is 7.44. The highest BCUT2D eigenvalue weighted by Gasteiger charge is 2.22. The van der Waals surface area contributed by atoms with E-state index in [0.29, 0.717) is 21.8 Å². The van der Waals surface area contributed by atoms with Crippen LogP contribution in [0, 0.1) is 13.8 Å². The summed E-state index contributed by atoms with van der Waals surface area (Å²) in [5.74, 6) is -1.47. The third-order valence-electron chi connectivity index (χ3n) is 3.65. The summed E-state index contributed by atoms with van der Waals surface area (Å²) in [6.45, 7) is 3.29. The number of benzene rings is 1. The summed E-state index contributed by atoms with van der Waals surface area (Å²) in [7, 11) is 1.27. The fourth-order valence-corrected chi connectivity index (χ4v) is 2.53. The summed E-state index contributed by atoms with van der Waals surface area (Å²) in [5, 5.41) is 0.580. The van der Waals surface area contributed by atoms with Gasteiger partial charge in [-0.2, -0.15) is 0 Å². The predicted molar refractivity (Wildman–Crippen MR) is 92.4 cm³/mol. The Balaban J connectivity index is 1.99.